The zero-order chi connectivity index (χ0) is 31.2. The molecule has 0 aliphatic carbocycles. The molecule has 1 aromatic heterocycles. The third-order valence-electron chi connectivity index (χ3n) is 6.56. The van der Waals surface area contributed by atoms with E-state index < -0.39 is 91.9 Å². The summed E-state index contributed by atoms with van der Waals surface area (Å²) in [6, 6.07) is 6.75. The average Bonchev–Trinajstić information content (AvgIpc) is 3.42. The SMILES string of the molecule is Cc1cccc2c1ccn2[C@@H]1O[C@H](CO)[C@@H](O[C@H]2O[C@H](CO)[C@@H](OP(=O)([O-])[O-])[C@H](OP(=O)([O-])[O-])[C@H]2O)[C@H]1OP(=O)([O-])[O-].[Na+].[Na+].[Na+].[Na+].[Na+].[Na+]. The number of fused-ring (bicyclic) bond motifs is 1. The van der Waals surface area contributed by atoms with Crippen LogP contribution in [-0.4, -0.2) is 82.1 Å². The van der Waals surface area contributed by atoms with Gasteiger partial charge in [0.2, 0.25) is 0 Å². The van der Waals surface area contributed by atoms with E-state index in [4.69, 9.17) is 18.7 Å². The molecule has 3 heterocycles. The van der Waals surface area contributed by atoms with E-state index in [0.717, 1.165) is 5.56 Å². The summed E-state index contributed by atoms with van der Waals surface area (Å²) in [6.45, 7) is -0.319. The molecule has 238 valence electrons. The summed E-state index contributed by atoms with van der Waals surface area (Å²) in [4.78, 5) is 68.6. The number of benzene rings is 1. The van der Waals surface area contributed by atoms with Crippen LogP contribution in [0.25, 0.3) is 10.9 Å². The van der Waals surface area contributed by atoms with Gasteiger partial charge in [0.05, 0.1) is 42.2 Å². The Morgan fingerprint density at radius 1 is 0.729 bits per heavy atom. The van der Waals surface area contributed by atoms with Gasteiger partial charge < -0.3 is 90.7 Å². The van der Waals surface area contributed by atoms with Crippen LogP contribution in [0.2, 0.25) is 0 Å². The summed E-state index contributed by atoms with van der Waals surface area (Å²) in [5, 5.41) is 31.2. The molecule has 0 spiro atoms. The molecular weight excluding hydrogens is 773 g/mol. The zero-order valence-electron chi connectivity index (χ0n) is 27.3. The number of aromatic nitrogens is 1. The number of rotatable bonds is 11. The Kier molecular flexibility index (Phi) is 28.5. The van der Waals surface area contributed by atoms with Crippen molar-refractivity contribution in [2.24, 2.45) is 0 Å². The van der Waals surface area contributed by atoms with Crippen molar-refractivity contribution in [3.63, 3.8) is 0 Å². The van der Waals surface area contributed by atoms with E-state index in [-0.39, 0.29) is 177 Å². The van der Waals surface area contributed by atoms with Crippen LogP contribution in [-0.2, 0) is 41.5 Å². The summed E-state index contributed by atoms with van der Waals surface area (Å²) in [6.07, 6.45) is -16.7. The molecule has 2 saturated heterocycles. The zero-order valence-corrected chi connectivity index (χ0v) is 41.9. The molecule has 2 fully saturated rings. The fourth-order valence-electron chi connectivity index (χ4n) is 4.92. The molecule has 19 nitrogen and oxygen atoms in total. The monoisotopic (exact) mass is 797 g/mol. The van der Waals surface area contributed by atoms with E-state index >= 15 is 0 Å². The molecule has 2 aromatic rings. The van der Waals surface area contributed by atoms with E-state index in [1.54, 1.807) is 31.2 Å². The van der Waals surface area contributed by atoms with Gasteiger partial charge in [0.25, 0.3) is 0 Å². The van der Waals surface area contributed by atoms with Crippen molar-refractivity contribution in [3.05, 3.63) is 36.0 Å². The summed E-state index contributed by atoms with van der Waals surface area (Å²) < 4.78 is 65.4. The van der Waals surface area contributed by atoms with Crippen LogP contribution in [0.1, 0.15) is 11.8 Å². The molecule has 9 atom stereocenters. The third kappa shape index (κ3) is 15.3. The molecular formula is C20H24NNa6O18P3. The minimum Gasteiger partial charge on any atom is -0.790 e. The first kappa shape index (κ1) is 57.2. The molecule has 0 amide bonds. The molecule has 3 N–H and O–H groups in total. The maximum absolute atomic E-state index is 11.7. The fourth-order valence-corrected chi connectivity index (χ4v) is 6.54. The van der Waals surface area contributed by atoms with Crippen molar-refractivity contribution in [3.8, 4) is 0 Å². The summed E-state index contributed by atoms with van der Waals surface area (Å²) in [7, 11) is -17.8. The van der Waals surface area contributed by atoms with Crippen molar-refractivity contribution in [2.75, 3.05) is 13.2 Å². The molecule has 2 aliphatic heterocycles. The van der Waals surface area contributed by atoms with Gasteiger partial charge in [0, 0.05) is 11.6 Å². The summed E-state index contributed by atoms with van der Waals surface area (Å²) in [5.41, 5.74) is 1.31. The van der Waals surface area contributed by atoms with Crippen LogP contribution in [0.4, 0.5) is 0 Å². The molecule has 0 radical (unpaired) electrons. The number of aliphatic hydroxyl groups is 3. The average molecular weight is 797 g/mol. The standard InChI is InChI=1S/C20H30NO18P3.6Na/c1-9-3-2-4-11-10(9)5-6-21(11)19-18(39-42(31,32)33)15(12(7-22)34-19)36-20-14(24)17(38-41(28,29)30)16(13(8-23)35-20)37-40(25,26)27;;;;;;/h2-6,12-20,22-24H,7-8H2,1H3,(H2,25,26,27)(H2,28,29,30)(H2,31,32,33);;;;;;/q;6*+1/p-6/t12-,13-,14-,15-,16-,17-,18-,19-,20-;;;;;;/m1....../s1. The second kappa shape index (κ2) is 23.9. The Morgan fingerprint density at radius 2 is 1.21 bits per heavy atom. The van der Waals surface area contributed by atoms with E-state index in [9.17, 15) is 58.4 Å². The number of phosphoric ester groups is 3. The van der Waals surface area contributed by atoms with E-state index in [2.05, 4.69) is 9.05 Å². The Hall–Kier alpha value is 4.85. The van der Waals surface area contributed by atoms with E-state index in [1.807, 2.05) is 0 Å². The number of aliphatic hydroxyl groups excluding tert-OH is 3. The second-order valence-corrected chi connectivity index (χ2v) is 12.7. The van der Waals surface area contributed by atoms with Gasteiger partial charge in [-0.05, 0) is 24.6 Å². The van der Waals surface area contributed by atoms with Gasteiger partial charge in [0.1, 0.15) is 42.7 Å². The number of nitrogens with zero attached hydrogens (tertiary/aromatic N) is 1. The van der Waals surface area contributed by atoms with Crippen molar-refractivity contribution in [1.82, 2.24) is 4.57 Å². The number of phosphoric acid groups is 3. The van der Waals surface area contributed by atoms with Gasteiger partial charge in [-0.3, -0.25) is 0 Å². The Labute approximate surface area is 407 Å². The number of hydrogen-bond donors (Lipinski definition) is 3. The predicted octanol–water partition coefficient (Wildman–Crippen LogP) is -23.0. The largest absolute Gasteiger partial charge is 1.00 e. The van der Waals surface area contributed by atoms with Gasteiger partial charge in [-0.1, -0.05) is 12.1 Å². The van der Waals surface area contributed by atoms with Crippen molar-refractivity contribution in [2.45, 2.75) is 62.2 Å². The maximum Gasteiger partial charge on any atom is 1.00 e. The summed E-state index contributed by atoms with van der Waals surface area (Å²) >= 11 is 0. The van der Waals surface area contributed by atoms with Gasteiger partial charge in [-0.15, -0.1) is 0 Å². The Bertz CT molecular complexity index is 1410. The third-order valence-corrected chi connectivity index (χ3v) is 8.06. The Morgan fingerprint density at radius 3 is 1.71 bits per heavy atom. The van der Waals surface area contributed by atoms with Crippen LogP contribution in [0, 0.1) is 6.92 Å². The van der Waals surface area contributed by atoms with Crippen LogP contribution < -0.4 is 207 Å². The topological polar surface area (TPSA) is 311 Å². The second-order valence-electron chi connectivity index (χ2n) is 9.35. The first-order chi connectivity index (χ1) is 19.4. The first-order valence-corrected chi connectivity index (χ1v) is 16.3. The minimum absolute atomic E-state index is 0. The fraction of sp³-hybridized carbons (Fsp3) is 0.600. The van der Waals surface area contributed by atoms with Crippen molar-refractivity contribution >= 4 is 34.4 Å². The van der Waals surface area contributed by atoms with Crippen molar-refractivity contribution < 1.29 is 264 Å². The van der Waals surface area contributed by atoms with E-state index in [0.29, 0.717) is 10.9 Å². The van der Waals surface area contributed by atoms with Crippen LogP contribution in [0.15, 0.2) is 30.5 Å². The molecule has 2 aliphatic rings. The molecule has 1 aromatic carbocycles. The van der Waals surface area contributed by atoms with Crippen LogP contribution in [0.5, 0.6) is 0 Å². The van der Waals surface area contributed by atoms with Gasteiger partial charge in [-0.25, -0.2) is 0 Å². The molecule has 0 unspecified atom stereocenters. The van der Waals surface area contributed by atoms with Crippen molar-refractivity contribution in [1.29, 1.82) is 0 Å². The predicted molar refractivity (Wildman–Crippen MR) is 122 cm³/mol. The molecule has 0 saturated carbocycles. The maximum atomic E-state index is 11.7. The molecule has 0 bridgehead atoms. The number of ether oxygens (including phenoxy) is 3. The van der Waals surface area contributed by atoms with E-state index in [1.165, 1.54) is 10.8 Å². The first-order valence-electron chi connectivity index (χ1n) is 12.0. The van der Waals surface area contributed by atoms with Crippen LogP contribution in [0.3, 0.4) is 0 Å². The quantitative estimate of drug-likeness (QED) is 0.140. The normalized spacial score (nSPS) is 28.8. The van der Waals surface area contributed by atoms with Gasteiger partial charge in [0.15, 0.2) is 12.5 Å². The smallest absolute Gasteiger partial charge is 0.790 e. The van der Waals surface area contributed by atoms with Gasteiger partial charge >= 0.3 is 177 Å². The molecule has 28 heteroatoms. The molecule has 48 heavy (non-hydrogen) atoms. The minimum atomic E-state index is -6.04. The van der Waals surface area contributed by atoms with Crippen LogP contribution >= 0.6 is 23.5 Å². The number of hydrogen-bond acceptors (Lipinski definition) is 18. The Balaban J connectivity index is -0.00000337. The molecule has 4 rings (SSSR count). The number of aryl methyl sites for hydroxylation is 1. The summed E-state index contributed by atoms with van der Waals surface area (Å²) in [5.74, 6) is 0. The van der Waals surface area contributed by atoms with Gasteiger partial charge in [-0.2, -0.15) is 0 Å².